The topological polar surface area (TPSA) is 259 Å². The molecule has 3 heterocycles. The van der Waals surface area contributed by atoms with Crippen LogP contribution in [0.15, 0.2) is 84.5 Å². The van der Waals surface area contributed by atoms with Crippen LogP contribution in [0, 0.1) is 12.8 Å². The average molecular weight is 1200 g/mol. The zero-order chi connectivity index (χ0) is 62.0. The van der Waals surface area contributed by atoms with Crippen molar-refractivity contribution in [1.29, 1.82) is 0 Å². The second-order valence-electron chi connectivity index (χ2n) is 23.4. The second kappa shape index (κ2) is 28.5. The molecule has 0 spiro atoms. The average Bonchev–Trinajstić information content (AvgIpc) is 1.93. The standard InChI is InChI=1S/C63H82ClN5O16/c1-37-17-16-22-50(78-11)63(77)35-49(82-60(76)67-63)39(3)56-62(8,85-56)51(34-53(71)69(10)48-33-41(31-37)32-38(2)55(48)64)83-58(74)40(4)68(9)52(70)25-27-79-29-30-80-28-26-65-57(73)47(23-24-54(72)84-61(5,6)7)66-59(75)81-36-46-44-20-14-12-18-42(44)43-19-13-15-21-45(43)46/h12-22,32-33,39-40,46-47,49-51,56,77H,23-31,34-36H2,1-11H3,(H,65,73)(H,66,75)(H,67,76)/b22-16+,37-17+/t39-,40+,47+,49+,50-,51+,56?,62+,63-/m1/s1. The van der Waals surface area contributed by atoms with E-state index in [0.717, 1.165) is 39.0 Å². The third kappa shape index (κ3) is 16.8. The van der Waals surface area contributed by atoms with Crippen LogP contribution in [0.2, 0.25) is 5.02 Å². The number of fused-ring (bicyclic) bond motifs is 8. The first kappa shape index (κ1) is 65.7. The molecule has 3 aromatic carbocycles. The van der Waals surface area contributed by atoms with Gasteiger partial charge in [0.15, 0.2) is 5.72 Å². The molecule has 21 nitrogen and oxygen atoms in total. The fourth-order valence-electron chi connectivity index (χ4n) is 11.0. The van der Waals surface area contributed by atoms with Crippen LogP contribution in [0.1, 0.15) is 109 Å². The van der Waals surface area contributed by atoms with E-state index in [2.05, 4.69) is 16.0 Å². The number of methoxy groups -OCH3 is 1. The molecule has 0 radical (unpaired) electrons. The van der Waals surface area contributed by atoms with Gasteiger partial charge in [-0.3, -0.25) is 24.5 Å². The van der Waals surface area contributed by atoms with E-state index in [-0.39, 0.29) is 77.6 Å². The zero-order valence-corrected chi connectivity index (χ0v) is 51.2. The van der Waals surface area contributed by atoms with Crippen molar-refractivity contribution in [2.75, 3.05) is 65.7 Å². The molecule has 3 aromatic rings. The Kier molecular flexibility index (Phi) is 22.0. The van der Waals surface area contributed by atoms with Gasteiger partial charge in [-0.25, -0.2) is 14.4 Å². The minimum Gasteiger partial charge on any atom is -0.460 e. The SMILES string of the molecule is CO[C@@H]1/C=C/C=C(\C)Cc2cc(C)c(Cl)c(c2)N(C)C(=O)C[C@H](OC(=O)[C@H](C)N(C)C(=O)CCOCCOCCNC(=O)[C@H](CCC(=O)OC(C)(C)C)NC(=O)OCC2c3ccccc3-c3ccccc32)[C@]2(C)OC2[C@H](C)[C@@H]2C[C@]1(O)NC(=O)O2. The number of likely N-dealkylation sites (N-methyl/N-ethyl adjacent to an activating group) is 1. The van der Waals surface area contributed by atoms with Gasteiger partial charge in [0.2, 0.25) is 17.7 Å². The van der Waals surface area contributed by atoms with E-state index in [4.69, 9.17) is 49.5 Å². The van der Waals surface area contributed by atoms with Crippen LogP contribution in [-0.4, -0.2) is 166 Å². The van der Waals surface area contributed by atoms with Gasteiger partial charge in [-0.2, -0.15) is 0 Å². The number of hydrogen-bond acceptors (Lipinski definition) is 16. The van der Waals surface area contributed by atoms with Crippen molar-refractivity contribution in [1.82, 2.24) is 20.9 Å². The summed E-state index contributed by atoms with van der Waals surface area (Å²) in [5, 5.41) is 20.1. The Hall–Kier alpha value is -6.88. The lowest BCUT2D eigenvalue weighted by atomic mass is 9.83. The first-order chi connectivity index (χ1) is 40.2. The Bertz CT molecular complexity index is 2960. The van der Waals surface area contributed by atoms with E-state index in [1.807, 2.05) is 80.6 Å². The number of anilines is 1. The summed E-state index contributed by atoms with van der Waals surface area (Å²) in [6.07, 6.45) is -0.448. The molecule has 2 fully saturated rings. The Balaban J connectivity index is 0.896. The van der Waals surface area contributed by atoms with Crippen LogP contribution in [0.25, 0.3) is 11.1 Å². The van der Waals surface area contributed by atoms with Gasteiger partial charge in [0.25, 0.3) is 0 Å². The van der Waals surface area contributed by atoms with E-state index in [1.165, 1.54) is 30.9 Å². The lowest BCUT2D eigenvalue weighted by Crippen LogP contribution is -2.63. The first-order valence-electron chi connectivity index (χ1n) is 28.8. The summed E-state index contributed by atoms with van der Waals surface area (Å²) in [6, 6.07) is 17.4. The van der Waals surface area contributed by atoms with Crippen LogP contribution in [0.3, 0.4) is 0 Å². The zero-order valence-electron chi connectivity index (χ0n) is 50.5. The van der Waals surface area contributed by atoms with Crippen molar-refractivity contribution in [3.05, 3.63) is 112 Å². The van der Waals surface area contributed by atoms with Crippen LogP contribution >= 0.6 is 11.6 Å². The number of amides is 5. The Morgan fingerprint density at radius 2 is 1.62 bits per heavy atom. The van der Waals surface area contributed by atoms with Gasteiger partial charge in [-0.15, -0.1) is 0 Å². The minimum absolute atomic E-state index is 0.0161. The molecule has 1 aliphatic carbocycles. The monoisotopic (exact) mass is 1200 g/mol. The predicted octanol–water partition coefficient (Wildman–Crippen LogP) is 7.38. The van der Waals surface area contributed by atoms with E-state index >= 15 is 0 Å². The number of halogens is 1. The van der Waals surface area contributed by atoms with E-state index in [1.54, 1.807) is 53.8 Å². The highest BCUT2D eigenvalue weighted by atomic mass is 35.5. The number of benzene rings is 3. The molecule has 3 aliphatic heterocycles. The fourth-order valence-corrected chi connectivity index (χ4v) is 11.2. The van der Waals surface area contributed by atoms with Crippen LogP contribution in [-0.2, 0) is 68.3 Å². The molecule has 4 N–H and O–H groups in total. The number of rotatable bonds is 20. The number of aliphatic hydroxyl groups is 1. The van der Waals surface area contributed by atoms with Gasteiger partial charge in [0.1, 0.15) is 48.2 Å². The number of allylic oxidation sites excluding steroid dienone is 3. The van der Waals surface area contributed by atoms with E-state index in [9.17, 15) is 38.7 Å². The number of hydrogen-bond donors (Lipinski definition) is 4. The van der Waals surface area contributed by atoms with Crippen molar-refractivity contribution in [3.63, 3.8) is 0 Å². The molecule has 4 aliphatic rings. The Morgan fingerprint density at radius 3 is 2.28 bits per heavy atom. The number of esters is 2. The third-order valence-electron chi connectivity index (χ3n) is 15.9. The van der Waals surface area contributed by atoms with Gasteiger partial charge < -0.3 is 63.4 Å². The lowest BCUT2D eigenvalue weighted by Gasteiger charge is -2.42. The number of nitrogens with zero attached hydrogens (tertiary/aromatic N) is 2. The highest BCUT2D eigenvalue weighted by molar-refractivity contribution is 6.34. The number of carbonyl (C=O) groups excluding carboxylic acids is 7. The lowest BCUT2D eigenvalue weighted by molar-refractivity contribution is -0.162. The molecule has 0 saturated carbocycles. The molecule has 85 heavy (non-hydrogen) atoms. The summed E-state index contributed by atoms with van der Waals surface area (Å²) in [5.74, 6) is -3.54. The van der Waals surface area contributed by atoms with Gasteiger partial charge in [0, 0.05) is 52.4 Å². The second-order valence-corrected chi connectivity index (χ2v) is 23.8. The fraction of sp³-hybridized carbons (Fsp3) is 0.540. The van der Waals surface area contributed by atoms with Crippen LogP contribution < -0.4 is 20.9 Å². The number of ether oxygens (including phenoxy) is 8. The molecular weight excluding hydrogens is 1120 g/mol. The number of carbonyl (C=O) groups is 7. The van der Waals surface area contributed by atoms with Gasteiger partial charge in [-0.05, 0) is 101 Å². The maximum Gasteiger partial charge on any atom is 0.409 e. The first-order valence-corrected chi connectivity index (χ1v) is 29.1. The van der Waals surface area contributed by atoms with Gasteiger partial charge in [-0.1, -0.05) is 96.9 Å². The highest BCUT2D eigenvalue weighted by Crippen LogP contribution is 2.49. The number of nitrogens with one attached hydrogen (secondary N) is 3. The van der Waals surface area contributed by atoms with E-state index in [0.29, 0.717) is 17.1 Å². The quantitative estimate of drug-likeness (QED) is 0.0372. The molecule has 1 unspecified atom stereocenters. The maximum absolute atomic E-state index is 14.3. The molecule has 9 atom stereocenters. The van der Waals surface area contributed by atoms with Crippen LogP contribution in [0.5, 0.6) is 0 Å². The molecule has 462 valence electrons. The Morgan fingerprint density at radius 1 is 0.965 bits per heavy atom. The van der Waals surface area contributed by atoms with E-state index < -0.39 is 101 Å². The largest absolute Gasteiger partial charge is 0.460 e. The van der Waals surface area contributed by atoms with Crippen molar-refractivity contribution in [2.24, 2.45) is 5.92 Å². The van der Waals surface area contributed by atoms with Crippen molar-refractivity contribution in [2.45, 2.75) is 153 Å². The number of alkyl carbamates (subject to hydrolysis) is 2. The highest BCUT2D eigenvalue weighted by Gasteiger charge is 2.64. The minimum atomic E-state index is -1.87. The predicted molar refractivity (Wildman–Crippen MR) is 315 cm³/mol. The normalized spacial score (nSPS) is 24.8. The number of epoxide rings is 1. The summed E-state index contributed by atoms with van der Waals surface area (Å²) in [7, 11) is 4.47. The molecule has 2 saturated heterocycles. The van der Waals surface area contributed by atoms with Crippen LogP contribution in [0.4, 0.5) is 15.3 Å². The van der Waals surface area contributed by atoms with Crippen molar-refractivity contribution < 1.29 is 76.6 Å². The van der Waals surface area contributed by atoms with Crippen molar-refractivity contribution in [3.8, 4) is 11.1 Å². The number of aryl methyl sites for hydroxylation is 1. The van der Waals surface area contributed by atoms with Gasteiger partial charge in [0.05, 0.1) is 56.1 Å². The smallest absolute Gasteiger partial charge is 0.409 e. The molecule has 22 heteroatoms. The van der Waals surface area contributed by atoms with Gasteiger partial charge >= 0.3 is 24.1 Å². The summed E-state index contributed by atoms with van der Waals surface area (Å²) < 4.78 is 46.3. The molecule has 7 rings (SSSR count). The summed E-state index contributed by atoms with van der Waals surface area (Å²) in [4.78, 5) is 96.9. The Labute approximate surface area is 502 Å². The molecular formula is C63H82ClN5O16. The molecule has 5 amide bonds. The third-order valence-corrected chi connectivity index (χ3v) is 16.4. The summed E-state index contributed by atoms with van der Waals surface area (Å²) in [6.45, 7) is 14.3. The van der Waals surface area contributed by atoms with Crippen molar-refractivity contribution >= 4 is 59.1 Å². The maximum atomic E-state index is 14.3. The summed E-state index contributed by atoms with van der Waals surface area (Å²) in [5.41, 5.74) is 3.32. The molecule has 0 aromatic heterocycles. The molecule has 4 bridgehead atoms. The summed E-state index contributed by atoms with van der Waals surface area (Å²) >= 11 is 6.84.